The molecule has 0 radical (unpaired) electrons. The average molecular weight is 393 g/mol. The highest BCUT2D eigenvalue weighted by molar-refractivity contribution is 5.81. The average Bonchev–Trinajstić information content (AvgIpc) is 2.68. The monoisotopic (exact) mass is 392 g/mol. The normalized spacial score (nSPS) is 10.4. The van der Waals surface area contributed by atoms with E-state index in [0.29, 0.717) is 17.3 Å². The predicted octanol–water partition coefficient (Wildman–Crippen LogP) is 6.47. The Morgan fingerprint density at radius 3 is 2.03 bits per heavy atom. The summed E-state index contributed by atoms with van der Waals surface area (Å²) in [6, 6.07) is 12.7. The molecule has 0 unspecified atom stereocenters. The molecule has 4 aromatic rings. The van der Waals surface area contributed by atoms with Crippen LogP contribution < -0.4 is 0 Å². The number of hydrogen-bond acceptors (Lipinski definition) is 4. The van der Waals surface area contributed by atoms with E-state index in [0.717, 1.165) is 28.1 Å². The van der Waals surface area contributed by atoms with E-state index in [2.05, 4.69) is 39.8 Å². The van der Waals surface area contributed by atoms with E-state index in [1.54, 1.807) is 13.0 Å². The molecule has 0 aliphatic carbocycles. The Bertz CT molecular complexity index is 1100. The Morgan fingerprint density at radius 2 is 1.34 bits per heavy atom. The van der Waals surface area contributed by atoms with Gasteiger partial charge in [-0.3, -0.25) is 0 Å². The topological polar surface area (TPSA) is 51.6 Å². The minimum Gasteiger partial charge on any atom is -0.238 e. The molecule has 2 heterocycles. The summed E-state index contributed by atoms with van der Waals surface area (Å²) in [6.45, 7) is 14.0. The van der Waals surface area contributed by atoms with Crippen molar-refractivity contribution in [3.8, 4) is 0 Å². The van der Waals surface area contributed by atoms with Crippen LogP contribution in [-0.2, 0) is 0 Å². The SMILES string of the molecule is CC.Cc1nc(C(C)C)c2ccccc2n1.Cc1nc(C)c2ccc(F)cc2n1. The number of halogens is 1. The Hall–Kier alpha value is -2.95. The standard InChI is InChI=1S/C12H14N2.C10H9FN2.C2H6/c1-8(2)12-10-6-4-5-7-11(10)13-9(3)14-12;1-6-9-4-3-8(11)5-10(9)13-7(2)12-6;1-2/h4-8H,1-3H3;3-5H,1-2H3;1-2H3. The fraction of sp³-hybridized carbons (Fsp3) is 0.333. The van der Waals surface area contributed by atoms with Gasteiger partial charge in [-0.25, -0.2) is 24.3 Å². The first-order chi connectivity index (χ1) is 13.8. The van der Waals surface area contributed by atoms with Crippen molar-refractivity contribution in [3.05, 3.63) is 71.3 Å². The van der Waals surface area contributed by atoms with Gasteiger partial charge in [0.05, 0.1) is 16.7 Å². The van der Waals surface area contributed by atoms with E-state index in [1.165, 1.54) is 17.5 Å². The zero-order valence-corrected chi connectivity index (χ0v) is 18.3. The van der Waals surface area contributed by atoms with E-state index >= 15 is 0 Å². The maximum atomic E-state index is 12.8. The van der Waals surface area contributed by atoms with Crippen LogP contribution in [-0.4, -0.2) is 19.9 Å². The molecule has 4 rings (SSSR count). The van der Waals surface area contributed by atoms with Crippen molar-refractivity contribution in [2.75, 3.05) is 0 Å². The van der Waals surface area contributed by atoms with Crippen molar-refractivity contribution in [2.45, 2.75) is 54.4 Å². The minimum atomic E-state index is -0.259. The van der Waals surface area contributed by atoms with Crippen molar-refractivity contribution in [1.82, 2.24) is 19.9 Å². The number of rotatable bonds is 1. The van der Waals surface area contributed by atoms with Crippen LogP contribution in [0.25, 0.3) is 21.8 Å². The number of benzene rings is 2. The fourth-order valence-electron chi connectivity index (χ4n) is 3.07. The van der Waals surface area contributed by atoms with Gasteiger partial charge in [0.2, 0.25) is 0 Å². The van der Waals surface area contributed by atoms with E-state index < -0.39 is 0 Å². The molecule has 4 nitrogen and oxygen atoms in total. The number of para-hydroxylation sites is 1. The molecule has 152 valence electrons. The first-order valence-electron chi connectivity index (χ1n) is 9.99. The second-order valence-corrected chi connectivity index (χ2v) is 6.85. The summed E-state index contributed by atoms with van der Waals surface area (Å²) >= 11 is 0. The molecule has 0 spiro atoms. The maximum absolute atomic E-state index is 12.8. The maximum Gasteiger partial charge on any atom is 0.126 e. The van der Waals surface area contributed by atoms with Gasteiger partial charge in [-0.05, 0) is 44.9 Å². The second-order valence-electron chi connectivity index (χ2n) is 6.85. The molecule has 0 aliphatic rings. The van der Waals surface area contributed by atoms with E-state index in [4.69, 9.17) is 0 Å². The molecule has 2 aromatic heterocycles. The zero-order chi connectivity index (χ0) is 21.6. The summed E-state index contributed by atoms with van der Waals surface area (Å²) in [5.74, 6) is 1.72. The van der Waals surface area contributed by atoms with Crippen LogP contribution in [0.1, 0.15) is 56.6 Å². The third kappa shape index (κ3) is 5.53. The van der Waals surface area contributed by atoms with Gasteiger partial charge in [0.15, 0.2) is 0 Å². The van der Waals surface area contributed by atoms with E-state index in [9.17, 15) is 4.39 Å². The smallest absolute Gasteiger partial charge is 0.126 e. The highest BCUT2D eigenvalue weighted by Gasteiger charge is 2.08. The number of aromatic nitrogens is 4. The molecule has 2 aromatic carbocycles. The molecule has 0 aliphatic heterocycles. The molecule has 0 atom stereocenters. The van der Waals surface area contributed by atoms with Gasteiger partial charge in [-0.15, -0.1) is 0 Å². The van der Waals surface area contributed by atoms with E-state index in [1.807, 2.05) is 45.9 Å². The summed E-state index contributed by atoms with van der Waals surface area (Å²) in [5, 5.41) is 2.08. The van der Waals surface area contributed by atoms with Crippen LogP contribution in [0.5, 0.6) is 0 Å². The summed E-state index contributed by atoms with van der Waals surface area (Å²) in [4.78, 5) is 17.2. The highest BCUT2D eigenvalue weighted by atomic mass is 19.1. The van der Waals surface area contributed by atoms with Crippen LogP contribution in [0.15, 0.2) is 42.5 Å². The molecular weight excluding hydrogens is 363 g/mol. The Labute approximate surface area is 172 Å². The highest BCUT2D eigenvalue weighted by Crippen LogP contribution is 2.22. The van der Waals surface area contributed by atoms with Gasteiger partial charge < -0.3 is 0 Å². The lowest BCUT2D eigenvalue weighted by molar-refractivity contribution is 0.629. The lowest BCUT2D eigenvalue weighted by atomic mass is 10.0. The summed E-state index contributed by atoms with van der Waals surface area (Å²) in [7, 11) is 0. The fourth-order valence-corrected chi connectivity index (χ4v) is 3.07. The van der Waals surface area contributed by atoms with Crippen LogP contribution >= 0.6 is 0 Å². The third-order valence-corrected chi connectivity index (χ3v) is 4.25. The van der Waals surface area contributed by atoms with Crippen LogP contribution in [0.4, 0.5) is 4.39 Å². The van der Waals surface area contributed by atoms with Gasteiger partial charge in [0, 0.05) is 22.5 Å². The number of nitrogens with zero attached hydrogens (tertiary/aromatic N) is 4. The molecule has 29 heavy (non-hydrogen) atoms. The van der Waals surface area contributed by atoms with Gasteiger partial charge in [0.25, 0.3) is 0 Å². The van der Waals surface area contributed by atoms with Gasteiger partial charge in [-0.2, -0.15) is 0 Å². The van der Waals surface area contributed by atoms with Gasteiger partial charge >= 0.3 is 0 Å². The van der Waals surface area contributed by atoms with Crippen molar-refractivity contribution in [3.63, 3.8) is 0 Å². The number of fused-ring (bicyclic) bond motifs is 2. The van der Waals surface area contributed by atoms with Crippen molar-refractivity contribution in [1.29, 1.82) is 0 Å². The molecule has 0 fully saturated rings. The lowest BCUT2D eigenvalue weighted by Gasteiger charge is -2.09. The number of aryl methyl sites for hydroxylation is 3. The molecule has 0 N–H and O–H groups in total. The first kappa shape index (κ1) is 22.3. The van der Waals surface area contributed by atoms with Crippen molar-refractivity contribution < 1.29 is 4.39 Å². The molecule has 5 heteroatoms. The van der Waals surface area contributed by atoms with E-state index in [-0.39, 0.29) is 5.82 Å². The van der Waals surface area contributed by atoms with Crippen molar-refractivity contribution >= 4 is 21.8 Å². The van der Waals surface area contributed by atoms with Crippen LogP contribution in [0.3, 0.4) is 0 Å². The summed E-state index contributed by atoms with van der Waals surface area (Å²) in [6.07, 6.45) is 0. The number of hydrogen-bond donors (Lipinski definition) is 0. The first-order valence-corrected chi connectivity index (χ1v) is 9.99. The molecule has 0 saturated heterocycles. The Morgan fingerprint density at radius 1 is 0.724 bits per heavy atom. The molecule has 0 saturated carbocycles. The van der Waals surface area contributed by atoms with Gasteiger partial charge in [-0.1, -0.05) is 45.9 Å². The Kier molecular flexibility index (Phi) is 7.71. The quantitative estimate of drug-likeness (QED) is 0.372. The molecular formula is C24H29FN4. The zero-order valence-electron chi connectivity index (χ0n) is 18.3. The third-order valence-electron chi connectivity index (χ3n) is 4.25. The largest absolute Gasteiger partial charge is 0.238 e. The summed E-state index contributed by atoms with van der Waals surface area (Å²) < 4.78 is 12.8. The lowest BCUT2D eigenvalue weighted by Crippen LogP contribution is -1.99. The second kappa shape index (κ2) is 10.0. The Balaban J connectivity index is 0.000000191. The van der Waals surface area contributed by atoms with Crippen LogP contribution in [0, 0.1) is 26.6 Å². The van der Waals surface area contributed by atoms with Crippen LogP contribution in [0.2, 0.25) is 0 Å². The van der Waals surface area contributed by atoms with Gasteiger partial charge in [0.1, 0.15) is 17.5 Å². The minimum absolute atomic E-state index is 0.259. The predicted molar refractivity (Wildman–Crippen MR) is 119 cm³/mol. The summed E-state index contributed by atoms with van der Waals surface area (Å²) in [5.41, 5.74) is 3.75. The van der Waals surface area contributed by atoms with Crippen molar-refractivity contribution in [2.24, 2.45) is 0 Å². The molecule has 0 bridgehead atoms. The molecule has 0 amide bonds.